The van der Waals surface area contributed by atoms with Crippen LogP contribution >= 0.6 is 11.3 Å². The summed E-state index contributed by atoms with van der Waals surface area (Å²) < 4.78 is 6.02. The molecule has 1 aromatic heterocycles. The van der Waals surface area contributed by atoms with Gasteiger partial charge in [-0.15, -0.1) is 11.3 Å². The lowest BCUT2D eigenvalue weighted by atomic mass is 9.64. The summed E-state index contributed by atoms with van der Waals surface area (Å²) in [5, 5.41) is 3.71. The highest BCUT2D eigenvalue weighted by molar-refractivity contribution is 7.11. The van der Waals surface area contributed by atoms with E-state index in [2.05, 4.69) is 52.1 Å². The molecule has 0 aliphatic heterocycles. The van der Waals surface area contributed by atoms with Crippen LogP contribution in [0, 0.1) is 11.3 Å². The van der Waals surface area contributed by atoms with Gasteiger partial charge in [-0.2, -0.15) is 0 Å². The molecule has 0 spiro atoms. The fraction of sp³-hybridized carbons (Fsp3) is 0.765. The van der Waals surface area contributed by atoms with Gasteiger partial charge in [0.25, 0.3) is 0 Å². The van der Waals surface area contributed by atoms with E-state index in [4.69, 9.17) is 4.74 Å². The fourth-order valence-corrected chi connectivity index (χ4v) is 3.66. The predicted molar refractivity (Wildman–Crippen MR) is 87.3 cm³/mol. The number of aryl methyl sites for hydroxylation is 1. The van der Waals surface area contributed by atoms with E-state index < -0.39 is 0 Å². The van der Waals surface area contributed by atoms with Crippen molar-refractivity contribution in [3.05, 3.63) is 21.9 Å². The first-order valence-corrected chi connectivity index (χ1v) is 8.67. The van der Waals surface area contributed by atoms with Gasteiger partial charge in [0.15, 0.2) is 0 Å². The molecule has 0 radical (unpaired) electrons. The Morgan fingerprint density at radius 1 is 1.35 bits per heavy atom. The molecule has 0 saturated heterocycles. The van der Waals surface area contributed by atoms with Crippen LogP contribution in [-0.2, 0) is 17.7 Å². The Labute approximate surface area is 127 Å². The number of ether oxygens (including phenoxy) is 1. The maximum atomic E-state index is 6.02. The van der Waals surface area contributed by atoms with Crippen molar-refractivity contribution in [1.82, 2.24) is 5.32 Å². The predicted octanol–water partition coefficient (Wildman–Crippen LogP) is 4.24. The van der Waals surface area contributed by atoms with Crippen molar-refractivity contribution in [3.8, 4) is 0 Å². The molecule has 0 bridgehead atoms. The Morgan fingerprint density at radius 2 is 2.05 bits per heavy atom. The van der Waals surface area contributed by atoms with Crippen molar-refractivity contribution < 1.29 is 4.74 Å². The van der Waals surface area contributed by atoms with Crippen molar-refractivity contribution in [3.63, 3.8) is 0 Å². The highest BCUT2D eigenvalue weighted by Gasteiger charge is 2.48. The van der Waals surface area contributed by atoms with Crippen LogP contribution in [0.2, 0.25) is 0 Å². The lowest BCUT2D eigenvalue weighted by molar-refractivity contribution is -0.124. The Kier molecular flexibility index (Phi) is 5.27. The van der Waals surface area contributed by atoms with E-state index in [1.165, 1.54) is 9.75 Å². The van der Waals surface area contributed by atoms with Gasteiger partial charge >= 0.3 is 0 Å². The molecule has 114 valence electrons. The topological polar surface area (TPSA) is 21.3 Å². The molecule has 1 N–H and O–H groups in total. The van der Waals surface area contributed by atoms with Crippen LogP contribution in [0.1, 0.15) is 50.8 Å². The zero-order valence-electron chi connectivity index (χ0n) is 13.5. The standard InChI is InChI=1S/C17H29NOS/c1-6-13-7-8-14(20-13)10-18-15-9-16(17(15,4)5)19-11-12(2)3/h7-8,12,15-16,18H,6,9-11H2,1-5H3. The second-order valence-electron chi connectivity index (χ2n) is 6.93. The molecule has 1 aliphatic rings. The lowest BCUT2D eigenvalue weighted by Gasteiger charge is -2.52. The Bertz CT molecular complexity index is 424. The third-order valence-electron chi connectivity index (χ3n) is 4.40. The van der Waals surface area contributed by atoms with Crippen molar-refractivity contribution in [2.45, 2.75) is 66.2 Å². The molecular weight excluding hydrogens is 266 g/mol. The van der Waals surface area contributed by atoms with Crippen molar-refractivity contribution >= 4 is 11.3 Å². The zero-order valence-corrected chi connectivity index (χ0v) is 14.3. The SMILES string of the molecule is CCc1ccc(CNC2CC(OCC(C)C)C2(C)C)s1. The summed E-state index contributed by atoms with van der Waals surface area (Å²) in [5.41, 5.74) is 0.250. The fourth-order valence-electron chi connectivity index (χ4n) is 2.75. The molecule has 0 amide bonds. The number of hydrogen-bond acceptors (Lipinski definition) is 3. The van der Waals surface area contributed by atoms with E-state index in [0.29, 0.717) is 18.1 Å². The molecule has 3 heteroatoms. The minimum atomic E-state index is 0.250. The van der Waals surface area contributed by atoms with E-state index in [9.17, 15) is 0 Å². The third-order valence-corrected chi connectivity index (χ3v) is 5.63. The summed E-state index contributed by atoms with van der Waals surface area (Å²) in [5.74, 6) is 0.622. The van der Waals surface area contributed by atoms with Crippen molar-refractivity contribution in [2.75, 3.05) is 6.61 Å². The second-order valence-corrected chi connectivity index (χ2v) is 8.18. The van der Waals surface area contributed by atoms with Crippen LogP contribution in [0.4, 0.5) is 0 Å². The van der Waals surface area contributed by atoms with Gasteiger partial charge in [0.2, 0.25) is 0 Å². The van der Waals surface area contributed by atoms with Gasteiger partial charge in [0, 0.05) is 34.4 Å². The number of rotatable bonds is 7. The summed E-state index contributed by atoms with van der Waals surface area (Å²) in [6.07, 6.45) is 2.70. The Balaban J connectivity index is 1.77. The van der Waals surface area contributed by atoms with Crippen LogP contribution in [-0.4, -0.2) is 18.8 Å². The molecule has 1 saturated carbocycles. The molecule has 2 nitrogen and oxygen atoms in total. The average molecular weight is 295 g/mol. The minimum absolute atomic E-state index is 0.250. The van der Waals surface area contributed by atoms with Gasteiger partial charge in [-0.25, -0.2) is 0 Å². The molecule has 2 atom stereocenters. The first-order valence-electron chi connectivity index (χ1n) is 7.86. The summed E-state index contributed by atoms with van der Waals surface area (Å²) in [6.45, 7) is 13.2. The molecule has 20 heavy (non-hydrogen) atoms. The van der Waals surface area contributed by atoms with Gasteiger partial charge in [0.1, 0.15) is 0 Å². The molecule has 2 unspecified atom stereocenters. The second kappa shape index (κ2) is 6.59. The molecule has 0 aromatic carbocycles. The Morgan fingerprint density at radius 3 is 2.60 bits per heavy atom. The van der Waals surface area contributed by atoms with Crippen molar-refractivity contribution in [1.29, 1.82) is 0 Å². The van der Waals surface area contributed by atoms with Gasteiger partial charge < -0.3 is 10.1 Å². The molecule has 1 heterocycles. The number of thiophene rings is 1. The quantitative estimate of drug-likeness (QED) is 0.812. The maximum absolute atomic E-state index is 6.02. The first kappa shape index (κ1) is 16.0. The summed E-state index contributed by atoms with van der Waals surface area (Å²) in [7, 11) is 0. The molecule has 1 fully saturated rings. The highest BCUT2D eigenvalue weighted by atomic mass is 32.1. The van der Waals surface area contributed by atoms with Gasteiger partial charge in [-0.3, -0.25) is 0 Å². The summed E-state index contributed by atoms with van der Waals surface area (Å²) >= 11 is 1.93. The maximum Gasteiger partial charge on any atom is 0.0656 e. The first-order chi connectivity index (χ1) is 9.43. The van der Waals surface area contributed by atoms with Gasteiger partial charge in [-0.05, 0) is 30.9 Å². The van der Waals surface area contributed by atoms with Crippen molar-refractivity contribution in [2.24, 2.45) is 11.3 Å². The third kappa shape index (κ3) is 3.63. The lowest BCUT2D eigenvalue weighted by Crippen LogP contribution is -2.60. The monoisotopic (exact) mass is 295 g/mol. The molecule has 2 rings (SSSR count). The van der Waals surface area contributed by atoms with Gasteiger partial charge in [-0.1, -0.05) is 34.6 Å². The van der Waals surface area contributed by atoms with E-state index >= 15 is 0 Å². The largest absolute Gasteiger partial charge is 0.377 e. The van der Waals surface area contributed by atoms with E-state index in [0.717, 1.165) is 26.0 Å². The Hall–Kier alpha value is -0.380. The smallest absolute Gasteiger partial charge is 0.0656 e. The molecule has 1 aliphatic carbocycles. The van der Waals surface area contributed by atoms with Crippen LogP contribution in [0.5, 0.6) is 0 Å². The van der Waals surface area contributed by atoms with Crippen LogP contribution in [0.15, 0.2) is 12.1 Å². The van der Waals surface area contributed by atoms with Crippen LogP contribution < -0.4 is 5.32 Å². The molecule has 1 aromatic rings. The number of hydrogen-bond donors (Lipinski definition) is 1. The van der Waals surface area contributed by atoms with Crippen LogP contribution in [0.3, 0.4) is 0 Å². The highest BCUT2D eigenvalue weighted by Crippen LogP contribution is 2.43. The molecular formula is C17H29NOS. The summed E-state index contributed by atoms with van der Waals surface area (Å²) in [6, 6.07) is 5.09. The number of nitrogens with one attached hydrogen (secondary N) is 1. The average Bonchev–Trinajstić information content (AvgIpc) is 2.84. The van der Waals surface area contributed by atoms with Crippen LogP contribution in [0.25, 0.3) is 0 Å². The van der Waals surface area contributed by atoms with E-state index in [-0.39, 0.29) is 5.41 Å². The van der Waals surface area contributed by atoms with E-state index in [1.807, 2.05) is 11.3 Å². The normalized spacial score (nSPS) is 24.9. The minimum Gasteiger partial charge on any atom is -0.377 e. The van der Waals surface area contributed by atoms with Gasteiger partial charge in [0.05, 0.1) is 6.10 Å². The zero-order chi connectivity index (χ0) is 14.8. The van der Waals surface area contributed by atoms with E-state index in [1.54, 1.807) is 0 Å². The summed E-state index contributed by atoms with van der Waals surface area (Å²) in [4.78, 5) is 2.93.